The molecule has 1 fully saturated rings. The zero-order chi connectivity index (χ0) is 21.8. The third kappa shape index (κ3) is 4.21. The first-order valence-corrected chi connectivity index (χ1v) is 12.1. The van der Waals surface area contributed by atoms with Crippen molar-refractivity contribution >= 4 is 18.8 Å². The lowest BCUT2D eigenvalue weighted by Crippen LogP contribution is -2.42. The van der Waals surface area contributed by atoms with Gasteiger partial charge >= 0.3 is 0 Å². The standard InChI is InChI=1S/C24H26N3O3P/c1-20-13-15-21(16-14-20)24(19-27(28)29)31(30)25(22-9-4-2-5-10-22)17-8-18-26(31)23-11-6-3-7-12-23/h2-7,9-16,24H,8,17-19H2,1H3. The number of nitrogens with zero attached hydrogens (tertiary/aromatic N) is 3. The maximum atomic E-state index is 15.2. The molecule has 0 radical (unpaired) electrons. The fourth-order valence-corrected chi connectivity index (χ4v) is 7.87. The van der Waals surface area contributed by atoms with Crippen LogP contribution in [0.4, 0.5) is 11.4 Å². The molecule has 1 atom stereocenters. The zero-order valence-electron chi connectivity index (χ0n) is 17.5. The lowest BCUT2D eigenvalue weighted by atomic mass is 10.1. The van der Waals surface area contributed by atoms with Gasteiger partial charge in [0.15, 0.2) is 0 Å². The average molecular weight is 435 g/mol. The summed E-state index contributed by atoms with van der Waals surface area (Å²) in [6.45, 7) is 2.75. The van der Waals surface area contributed by atoms with E-state index in [1.165, 1.54) is 0 Å². The first kappa shape index (κ1) is 21.1. The van der Waals surface area contributed by atoms with Gasteiger partial charge in [0, 0.05) is 29.4 Å². The predicted octanol–water partition coefficient (Wildman–Crippen LogP) is 5.92. The van der Waals surface area contributed by atoms with Crippen molar-refractivity contribution in [3.63, 3.8) is 0 Å². The van der Waals surface area contributed by atoms with Crippen LogP contribution >= 0.6 is 7.44 Å². The Hall–Kier alpha value is -3.11. The Morgan fingerprint density at radius 3 is 1.81 bits per heavy atom. The van der Waals surface area contributed by atoms with Crippen LogP contribution in [-0.4, -0.2) is 24.6 Å². The summed E-state index contributed by atoms with van der Waals surface area (Å²) in [5.41, 5.74) is 2.68. The van der Waals surface area contributed by atoms with E-state index in [0.717, 1.165) is 28.9 Å². The molecule has 0 aromatic heterocycles. The number of rotatable bonds is 6. The Bertz CT molecular complexity index is 1020. The van der Waals surface area contributed by atoms with Crippen molar-refractivity contribution < 1.29 is 9.49 Å². The van der Waals surface area contributed by atoms with Gasteiger partial charge in [0.1, 0.15) is 5.66 Å². The highest BCUT2D eigenvalue weighted by atomic mass is 31.2. The maximum Gasteiger partial charge on any atom is 0.276 e. The van der Waals surface area contributed by atoms with Gasteiger partial charge < -0.3 is 9.34 Å². The molecule has 6 nitrogen and oxygen atoms in total. The van der Waals surface area contributed by atoms with Gasteiger partial charge in [-0.1, -0.05) is 66.2 Å². The minimum Gasteiger partial charge on any atom is -0.306 e. The summed E-state index contributed by atoms with van der Waals surface area (Å²) in [5, 5.41) is 11.8. The van der Waals surface area contributed by atoms with Crippen molar-refractivity contribution in [1.82, 2.24) is 0 Å². The van der Waals surface area contributed by atoms with Crippen LogP contribution in [0.1, 0.15) is 23.2 Å². The van der Waals surface area contributed by atoms with Crippen molar-refractivity contribution in [2.75, 3.05) is 29.0 Å². The van der Waals surface area contributed by atoms with Crippen LogP contribution in [0.5, 0.6) is 0 Å². The highest BCUT2D eigenvalue weighted by molar-refractivity contribution is 7.67. The Morgan fingerprint density at radius 1 is 0.871 bits per heavy atom. The summed E-state index contributed by atoms with van der Waals surface area (Å²) in [6, 6.07) is 26.8. The van der Waals surface area contributed by atoms with Gasteiger partial charge in [-0.3, -0.25) is 14.7 Å². The molecule has 1 heterocycles. The minimum atomic E-state index is -3.45. The highest BCUT2D eigenvalue weighted by Gasteiger charge is 2.50. The van der Waals surface area contributed by atoms with Gasteiger partial charge in [-0.2, -0.15) is 0 Å². The van der Waals surface area contributed by atoms with Crippen LogP contribution in [0.25, 0.3) is 0 Å². The van der Waals surface area contributed by atoms with Crippen LogP contribution in [0.2, 0.25) is 0 Å². The fraction of sp³-hybridized carbons (Fsp3) is 0.250. The Kier molecular flexibility index (Phi) is 6.10. The van der Waals surface area contributed by atoms with E-state index < -0.39 is 19.6 Å². The molecule has 0 amide bonds. The van der Waals surface area contributed by atoms with E-state index in [2.05, 4.69) is 0 Å². The summed E-state index contributed by atoms with van der Waals surface area (Å²) in [7, 11) is -3.45. The number of nitro groups is 1. The van der Waals surface area contributed by atoms with E-state index in [9.17, 15) is 10.1 Å². The van der Waals surface area contributed by atoms with E-state index in [1.54, 1.807) is 0 Å². The molecule has 3 aromatic carbocycles. The zero-order valence-corrected chi connectivity index (χ0v) is 18.4. The minimum absolute atomic E-state index is 0.342. The largest absolute Gasteiger partial charge is 0.306 e. The average Bonchev–Trinajstić information content (AvgIpc) is 2.79. The summed E-state index contributed by atoms with van der Waals surface area (Å²) >= 11 is 0. The van der Waals surface area contributed by atoms with E-state index in [0.29, 0.717) is 13.1 Å². The van der Waals surface area contributed by atoms with E-state index >= 15 is 4.57 Å². The first-order valence-electron chi connectivity index (χ1n) is 10.4. The molecule has 1 saturated heterocycles. The lowest BCUT2D eigenvalue weighted by molar-refractivity contribution is -0.480. The summed E-state index contributed by atoms with van der Waals surface area (Å²) < 4.78 is 19.0. The second-order valence-electron chi connectivity index (χ2n) is 7.80. The van der Waals surface area contributed by atoms with E-state index in [4.69, 9.17) is 0 Å². The molecule has 1 aliphatic rings. The Labute approximate surface area is 182 Å². The van der Waals surface area contributed by atoms with Crippen molar-refractivity contribution in [1.29, 1.82) is 0 Å². The molecular weight excluding hydrogens is 409 g/mol. The van der Waals surface area contributed by atoms with Crippen molar-refractivity contribution in [2.45, 2.75) is 19.0 Å². The molecule has 0 spiro atoms. The SMILES string of the molecule is Cc1ccc(C(C[N+](=O)[O-])P2(=O)N(c3ccccc3)CCCN2c2ccccc2)cc1. The molecule has 0 N–H and O–H groups in total. The van der Waals surface area contributed by atoms with Gasteiger partial charge in [-0.25, -0.2) is 0 Å². The van der Waals surface area contributed by atoms with Gasteiger partial charge in [-0.15, -0.1) is 0 Å². The molecular formula is C24H26N3O3P. The van der Waals surface area contributed by atoms with Gasteiger partial charge in [-0.05, 0) is 43.2 Å². The van der Waals surface area contributed by atoms with Gasteiger partial charge in [0.2, 0.25) is 6.54 Å². The van der Waals surface area contributed by atoms with Crippen LogP contribution in [0, 0.1) is 17.0 Å². The molecule has 0 bridgehead atoms. The molecule has 7 heteroatoms. The van der Waals surface area contributed by atoms with Crippen molar-refractivity contribution in [2.24, 2.45) is 0 Å². The monoisotopic (exact) mass is 435 g/mol. The Balaban J connectivity index is 1.92. The molecule has 31 heavy (non-hydrogen) atoms. The van der Waals surface area contributed by atoms with E-state index in [-0.39, 0.29) is 4.92 Å². The second kappa shape index (κ2) is 8.94. The molecule has 4 rings (SSSR count). The van der Waals surface area contributed by atoms with Crippen LogP contribution in [0.15, 0.2) is 84.9 Å². The summed E-state index contributed by atoms with van der Waals surface area (Å²) in [4.78, 5) is 11.4. The third-order valence-electron chi connectivity index (χ3n) is 5.73. The molecule has 0 saturated carbocycles. The second-order valence-corrected chi connectivity index (χ2v) is 10.6. The number of anilines is 2. The number of hydrogen-bond acceptors (Lipinski definition) is 3. The quantitative estimate of drug-likeness (QED) is 0.273. The smallest absolute Gasteiger partial charge is 0.276 e. The number of para-hydroxylation sites is 2. The van der Waals surface area contributed by atoms with Crippen molar-refractivity contribution in [3.05, 3.63) is 106 Å². The first-order chi connectivity index (χ1) is 15.0. The molecule has 1 unspecified atom stereocenters. The number of aryl methyl sites for hydroxylation is 1. The molecule has 1 aliphatic heterocycles. The molecule has 160 valence electrons. The topological polar surface area (TPSA) is 66.7 Å². The van der Waals surface area contributed by atoms with Crippen LogP contribution in [-0.2, 0) is 4.57 Å². The maximum absolute atomic E-state index is 15.2. The van der Waals surface area contributed by atoms with Gasteiger partial charge in [0.25, 0.3) is 7.44 Å². The summed E-state index contributed by atoms with van der Waals surface area (Å²) in [5.74, 6) is 0. The summed E-state index contributed by atoms with van der Waals surface area (Å²) in [6.07, 6.45) is 0.812. The normalized spacial score (nSPS) is 16.7. The molecule has 3 aromatic rings. The highest BCUT2D eigenvalue weighted by Crippen LogP contribution is 2.67. The molecule has 0 aliphatic carbocycles. The predicted molar refractivity (Wildman–Crippen MR) is 126 cm³/mol. The number of hydrogen-bond donors (Lipinski definition) is 0. The van der Waals surface area contributed by atoms with Crippen molar-refractivity contribution in [3.8, 4) is 0 Å². The lowest BCUT2D eigenvalue weighted by Gasteiger charge is -2.48. The fourth-order valence-electron chi connectivity index (χ4n) is 4.25. The van der Waals surface area contributed by atoms with Crippen LogP contribution in [0.3, 0.4) is 0 Å². The van der Waals surface area contributed by atoms with Gasteiger partial charge in [0.05, 0.1) is 0 Å². The van der Waals surface area contributed by atoms with E-state index in [1.807, 2.05) is 101 Å². The van der Waals surface area contributed by atoms with Crippen LogP contribution < -0.4 is 9.34 Å². The number of benzene rings is 3. The Morgan fingerprint density at radius 2 is 1.35 bits per heavy atom. The third-order valence-corrected chi connectivity index (χ3v) is 9.25.